The number of aromatic hydroxyl groups is 1. The highest BCUT2D eigenvalue weighted by molar-refractivity contribution is 7.09. The minimum atomic E-state index is 0.428. The van der Waals surface area contributed by atoms with E-state index in [1.54, 1.807) is 6.07 Å². The van der Waals surface area contributed by atoms with Crippen molar-refractivity contribution in [2.45, 2.75) is 26.2 Å². The van der Waals surface area contributed by atoms with Crippen LogP contribution in [0.2, 0.25) is 0 Å². The van der Waals surface area contributed by atoms with Crippen molar-refractivity contribution < 1.29 is 5.11 Å². The molecule has 1 aromatic carbocycles. The van der Waals surface area contributed by atoms with Gasteiger partial charge in [-0.3, -0.25) is 0 Å². The minimum Gasteiger partial charge on any atom is -0.508 e. The van der Waals surface area contributed by atoms with Crippen LogP contribution in [0, 0.1) is 5.92 Å². The predicted octanol–water partition coefficient (Wildman–Crippen LogP) is 3.72. The van der Waals surface area contributed by atoms with E-state index in [1.165, 1.54) is 24.3 Å². The molecule has 1 saturated heterocycles. The average molecular weight is 404 g/mol. The normalized spacial score (nSPS) is 18.3. The first-order chi connectivity index (χ1) is 13.6. The lowest BCUT2D eigenvalue weighted by molar-refractivity contribution is 0.266. The topological polar surface area (TPSA) is 38.7 Å². The lowest BCUT2D eigenvalue weighted by atomic mass is 10.1. The van der Waals surface area contributed by atoms with Crippen LogP contribution in [0.3, 0.4) is 0 Å². The summed E-state index contributed by atoms with van der Waals surface area (Å²) in [5, 5.41) is 15.0. The highest BCUT2D eigenvalue weighted by atomic mass is 32.1. The van der Waals surface area contributed by atoms with Crippen LogP contribution in [0.1, 0.15) is 23.8 Å². The molecule has 5 heteroatoms. The van der Waals surface area contributed by atoms with Crippen molar-refractivity contribution in [2.75, 3.05) is 53.4 Å². The summed E-state index contributed by atoms with van der Waals surface area (Å²) in [7, 11) is 4.19. The quantitative estimate of drug-likeness (QED) is 0.691. The molecule has 0 amide bonds. The van der Waals surface area contributed by atoms with Gasteiger partial charge in [0.1, 0.15) is 5.75 Å². The van der Waals surface area contributed by atoms with Crippen LogP contribution in [0.5, 0.6) is 5.75 Å². The van der Waals surface area contributed by atoms with E-state index in [9.17, 15) is 5.11 Å². The van der Waals surface area contributed by atoms with Crippen molar-refractivity contribution in [3.05, 3.63) is 52.2 Å². The highest BCUT2D eigenvalue weighted by Gasteiger charge is 2.17. The summed E-state index contributed by atoms with van der Waals surface area (Å²) in [4.78, 5) is 6.42. The molecule has 28 heavy (non-hydrogen) atoms. The predicted molar refractivity (Wildman–Crippen MR) is 121 cm³/mol. The number of hydrogen-bond acceptors (Lipinski definition) is 5. The van der Waals surface area contributed by atoms with Crippen molar-refractivity contribution in [3.63, 3.8) is 0 Å². The number of nitrogens with one attached hydrogen (secondary N) is 1. The van der Waals surface area contributed by atoms with Crippen LogP contribution in [0.4, 0.5) is 0 Å². The standard InChI is InChI=1S/C15H24N2O.C8H13NS/c1-13-11-16(2)9-10-17(12-13)8-7-14-5-3-4-6-15(14)18;1-9-6-2-4-8-5-3-7-10-8/h3-6,13,18H,7-12H2,1-2H3;3,5,7,9H,2,4,6H2,1H3. The van der Waals surface area contributed by atoms with Crippen molar-refractivity contribution in [3.8, 4) is 5.75 Å². The second-order valence-corrected chi connectivity index (χ2v) is 8.87. The Kier molecular flexibility index (Phi) is 10.6. The van der Waals surface area contributed by atoms with Crippen molar-refractivity contribution in [1.82, 2.24) is 15.1 Å². The number of phenolic OH excluding ortho intramolecular Hbond substituents is 1. The number of nitrogens with zero attached hydrogens (tertiary/aromatic N) is 2. The van der Waals surface area contributed by atoms with E-state index in [4.69, 9.17) is 0 Å². The second-order valence-electron chi connectivity index (χ2n) is 7.83. The molecule has 1 unspecified atom stereocenters. The van der Waals surface area contributed by atoms with E-state index in [0.29, 0.717) is 5.75 Å². The molecule has 1 aliphatic rings. The maximum atomic E-state index is 9.76. The largest absolute Gasteiger partial charge is 0.508 e. The van der Waals surface area contributed by atoms with Gasteiger partial charge in [-0.05, 0) is 68.9 Å². The first-order valence-electron chi connectivity index (χ1n) is 10.4. The van der Waals surface area contributed by atoms with Crippen molar-refractivity contribution in [2.24, 2.45) is 5.92 Å². The fourth-order valence-corrected chi connectivity index (χ4v) is 4.37. The van der Waals surface area contributed by atoms with E-state index in [2.05, 4.69) is 46.6 Å². The summed E-state index contributed by atoms with van der Waals surface area (Å²) in [6.07, 6.45) is 3.40. The minimum absolute atomic E-state index is 0.428. The van der Waals surface area contributed by atoms with E-state index >= 15 is 0 Å². The number of benzene rings is 1. The van der Waals surface area contributed by atoms with Gasteiger partial charge in [0.05, 0.1) is 0 Å². The molecule has 0 spiro atoms. The second kappa shape index (κ2) is 12.9. The Bertz CT molecular complexity index is 647. The van der Waals surface area contributed by atoms with Crippen molar-refractivity contribution >= 4 is 11.3 Å². The van der Waals surface area contributed by atoms with Gasteiger partial charge in [0.2, 0.25) is 0 Å². The molecule has 4 nitrogen and oxygen atoms in total. The molecule has 0 saturated carbocycles. The van der Waals surface area contributed by atoms with Gasteiger partial charge in [-0.2, -0.15) is 0 Å². The average Bonchev–Trinajstić information content (AvgIpc) is 3.13. The number of thiophene rings is 1. The van der Waals surface area contributed by atoms with E-state index < -0.39 is 0 Å². The maximum Gasteiger partial charge on any atom is 0.118 e. The van der Waals surface area contributed by atoms with Gasteiger partial charge in [-0.15, -0.1) is 11.3 Å². The molecule has 1 fully saturated rings. The molecule has 1 aromatic heterocycles. The van der Waals surface area contributed by atoms with Gasteiger partial charge in [-0.1, -0.05) is 31.2 Å². The third kappa shape index (κ3) is 8.74. The lowest BCUT2D eigenvalue weighted by Gasteiger charge is -2.21. The van der Waals surface area contributed by atoms with Gasteiger partial charge in [0, 0.05) is 37.6 Å². The van der Waals surface area contributed by atoms with Crippen LogP contribution >= 0.6 is 11.3 Å². The monoisotopic (exact) mass is 403 g/mol. The van der Waals surface area contributed by atoms with E-state index in [1.807, 2.05) is 36.6 Å². The molecule has 2 heterocycles. The summed E-state index contributed by atoms with van der Waals surface area (Å²) in [6, 6.07) is 12.0. The van der Waals surface area contributed by atoms with Crippen molar-refractivity contribution in [1.29, 1.82) is 0 Å². The first-order valence-corrected chi connectivity index (χ1v) is 11.3. The van der Waals surface area contributed by atoms with Crippen LogP contribution < -0.4 is 5.32 Å². The van der Waals surface area contributed by atoms with Gasteiger partial charge in [-0.25, -0.2) is 0 Å². The summed E-state index contributed by atoms with van der Waals surface area (Å²) < 4.78 is 0. The Labute approximate surface area is 175 Å². The van der Waals surface area contributed by atoms with Crippen LogP contribution in [-0.4, -0.2) is 68.3 Å². The van der Waals surface area contributed by atoms with Crippen LogP contribution in [0.25, 0.3) is 0 Å². The maximum absolute atomic E-state index is 9.76. The molecule has 0 bridgehead atoms. The smallest absolute Gasteiger partial charge is 0.118 e. The Balaban J connectivity index is 0.000000237. The van der Waals surface area contributed by atoms with Gasteiger partial charge < -0.3 is 20.2 Å². The summed E-state index contributed by atoms with van der Waals surface area (Å²) >= 11 is 1.85. The Morgan fingerprint density at radius 3 is 2.64 bits per heavy atom. The molecule has 3 rings (SSSR count). The molecule has 0 radical (unpaired) electrons. The molecule has 0 aliphatic carbocycles. The number of para-hydroxylation sites is 1. The summed E-state index contributed by atoms with van der Waals surface area (Å²) in [6.45, 7) is 9.10. The van der Waals surface area contributed by atoms with Gasteiger partial charge in [0.25, 0.3) is 0 Å². The number of phenols is 1. The molecule has 156 valence electrons. The number of hydrogen-bond donors (Lipinski definition) is 2. The fourth-order valence-electron chi connectivity index (χ4n) is 3.62. The molecule has 2 aromatic rings. The SMILES string of the molecule is CC1CN(C)CCN(CCc2ccccc2O)C1.CNCCCc1cccs1. The summed E-state index contributed by atoms with van der Waals surface area (Å²) in [5.41, 5.74) is 1.06. The molecular weight excluding hydrogens is 366 g/mol. The van der Waals surface area contributed by atoms with E-state index in [-0.39, 0.29) is 0 Å². The third-order valence-electron chi connectivity index (χ3n) is 5.11. The Morgan fingerprint density at radius 2 is 1.93 bits per heavy atom. The third-order valence-corrected chi connectivity index (χ3v) is 6.05. The molecule has 2 N–H and O–H groups in total. The van der Waals surface area contributed by atoms with Crippen LogP contribution in [-0.2, 0) is 12.8 Å². The Hall–Kier alpha value is -1.40. The number of aryl methyl sites for hydroxylation is 1. The lowest BCUT2D eigenvalue weighted by Crippen LogP contribution is -2.31. The number of likely N-dealkylation sites (N-methyl/N-ethyl adjacent to an activating group) is 1. The zero-order valence-electron chi connectivity index (χ0n) is 17.7. The zero-order valence-corrected chi connectivity index (χ0v) is 18.5. The molecule has 1 atom stereocenters. The summed E-state index contributed by atoms with van der Waals surface area (Å²) in [5.74, 6) is 1.15. The molecular formula is C23H37N3OS. The van der Waals surface area contributed by atoms with E-state index in [0.717, 1.165) is 50.6 Å². The zero-order chi connectivity index (χ0) is 20.2. The van der Waals surface area contributed by atoms with Crippen LogP contribution in [0.15, 0.2) is 41.8 Å². The fraction of sp³-hybridized carbons (Fsp3) is 0.565. The highest BCUT2D eigenvalue weighted by Crippen LogP contribution is 2.17. The number of rotatable bonds is 7. The Morgan fingerprint density at radius 1 is 1.11 bits per heavy atom. The van der Waals surface area contributed by atoms with Gasteiger partial charge in [0.15, 0.2) is 0 Å². The van der Waals surface area contributed by atoms with Gasteiger partial charge >= 0.3 is 0 Å². The first kappa shape index (κ1) is 22.9. The molecule has 1 aliphatic heterocycles.